The van der Waals surface area contributed by atoms with Crippen LogP contribution in [0.5, 0.6) is 0 Å². The molecule has 1 saturated heterocycles. The molecule has 2 rings (SSSR count). The van der Waals surface area contributed by atoms with E-state index in [0.29, 0.717) is 13.1 Å². The van der Waals surface area contributed by atoms with E-state index in [-0.39, 0.29) is 35.8 Å². The molecule has 0 aromatic heterocycles. The second-order valence-electron chi connectivity index (χ2n) is 6.64. The Labute approximate surface area is 181 Å². The van der Waals surface area contributed by atoms with Gasteiger partial charge in [-0.1, -0.05) is 31.2 Å². The summed E-state index contributed by atoms with van der Waals surface area (Å²) in [6.45, 7) is 5.83. The van der Waals surface area contributed by atoms with E-state index in [4.69, 9.17) is 0 Å². The average Bonchev–Trinajstić information content (AvgIpc) is 2.68. The Bertz CT molecular complexity index is 684. The minimum Gasteiger partial charge on any atom is -0.356 e. The number of nitrogens with one attached hydrogen (secondary N) is 2. The second-order valence-corrected chi connectivity index (χ2v) is 8.89. The number of piperidine rings is 1. The zero-order valence-corrected chi connectivity index (χ0v) is 19.7. The van der Waals surface area contributed by atoms with Crippen LogP contribution < -0.4 is 10.6 Å². The summed E-state index contributed by atoms with van der Waals surface area (Å²) in [6.07, 6.45) is 3.61. The Kier molecular flexibility index (Phi) is 10.6. The van der Waals surface area contributed by atoms with E-state index in [9.17, 15) is 8.42 Å². The van der Waals surface area contributed by atoms with E-state index in [0.717, 1.165) is 38.2 Å². The van der Waals surface area contributed by atoms with Crippen molar-refractivity contribution in [2.24, 2.45) is 4.99 Å². The zero-order valence-electron chi connectivity index (χ0n) is 16.6. The van der Waals surface area contributed by atoms with Crippen molar-refractivity contribution in [1.82, 2.24) is 14.9 Å². The molecule has 1 fully saturated rings. The van der Waals surface area contributed by atoms with E-state index >= 15 is 0 Å². The van der Waals surface area contributed by atoms with Gasteiger partial charge in [0.25, 0.3) is 0 Å². The molecule has 0 saturated carbocycles. The lowest BCUT2D eigenvalue weighted by Crippen LogP contribution is -2.50. The molecular formula is C19H33IN4O2S. The summed E-state index contributed by atoms with van der Waals surface area (Å²) in [6, 6.07) is 8.98. The predicted molar refractivity (Wildman–Crippen MR) is 123 cm³/mol. The van der Waals surface area contributed by atoms with Crippen LogP contribution >= 0.6 is 24.0 Å². The quantitative estimate of drug-likeness (QED) is 0.337. The third kappa shape index (κ3) is 7.57. The number of halogens is 1. The Hall–Kier alpha value is -0.870. The molecule has 2 N–H and O–H groups in total. The predicted octanol–water partition coefficient (Wildman–Crippen LogP) is 2.39. The summed E-state index contributed by atoms with van der Waals surface area (Å²) >= 11 is 0. The highest BCUT2D eigenvalue weighted by Crippen LogP contribution is 2.14. The van der Waals surface area contributed by atoms with Crippen LogP contribution in [0.3, 0.4) is 0 Å². The number of guanidine groups is 1. The van der Waals surface area contributed by atoms with Gasteiger partial charge in [-0.2, -0.15) is 0 Å². The Morgan fingerprint density at radius 1 is 1.15 bits per heavy atom. The molecule has 6 nitrogen and oxygen atoms in total. The summed E-state index contributed by atoms with van der Waals surface area (Å²) in [4.78, 5) is 4.29. The third-order valence-corrected chi connectivity index (χ3v) is 6.80. The molecular weight excluding hydrogens is 475 g/mol. The van der Waals surface area contributed by atoms with Crippen molar-refractivity contribution in [2.75, 3.05) is 32.4 Å². The van der Waals surface area contributed by atoms with Gasteiger partial charge in [0, 0.05) is 32.7 Å². The highest BCUT2D eigenvalue weighted by molar-refractivity contribution is 14.0. The van der Waals surface area contributed by atoms with Crippen LogP contribution in [0.2, 0.25) is 0 Å². The summed E-state index contributed by atoms with van der Waals surface area (Å²) in [5, 5.41) is 6.77. The highest BCUT2D eigenvalue weighted by Gasteiger charge is 2.26. The number of aryl methyl sites for hydroxylation is 1. The molecule has 0 unspecified atom stereocenters. The number of hydrogen-bond acceptors (Lipinski definition) is 3. The Morgan fingerprint density at radius 2 is 1.74 bits per heavy atom. The van der Waals surface area contributed by atoms with Crippen molar-refractivity contribution in [3.63, 3.8) is 0 Å². The van der Waals surface area contributed by atoms with E-state index in [2.05, 4.69) is 46.8 Å². The summed E-state index contributed by atoms with van der Waals surface area (Å²) in [7, 11) is -1.30. The van der Waals surface area contributed by atoms with Crippen molar-refractivity contribution < 1.29 is 8.42 Å². The number of nitrogens with zero attached hydrogens (tertiary/aromatic N) is 2. The molecule has 0 radical (unpaired) electrons. The fourth-order valence-electron chi connectivity index (χ4n) is 3.12. The highest BCUT2D eigenvalue weighted by atomic mass is 127. The molecule has 1 aliphatic rings. The topological polar surface area (TPSA) is 73.8 Å². The minimum atomic E-state index is -3.07. The Balaban J connectivity index is 0.00000364. The van der Waals surface area contributed by atoms with Gasteiger partial charge in [-0.3, -0.25) is 4.99 Å². The van der Waals surface area contributed by atoms with Crippen molar-refractivity contribution in [1.29, 1.82) is 0 Å². The van der Waals surface area contributed by atoms with Crippen LogP contribution in [0.4, 0.5) is 0 Å². The van der Waals surface area contributed by atoms with Gasteiger partial charge in [0.05, 0.1) is 5.75 Å². The molecule has 0 bridgehead atoms. The summed E-state index contributed by atoms with van der Waals surface area (Å²) in [5.41, 5.74) is 2.67. The maximum absolute atomic E-state index is 11.9. The van der Waals surface area contributed by atoms with Crippen LogP contribution in [0.15, 0.2) is 29.3 Å². The summed E-state index contributed by atoms with van der Waals surface area (Å²) < 4.78 is 25.4. The first-order valence-electron chi connectivity index (χ1n) is 9.51. The van der Waals surface area contributed by atoms with Crippen molar-refractivity contribution >= 4 is 40.0 Å². The monoisotopic (exact) mass is 508 g/mol. The van der Waals surface area contributed by atoms with Gasteiger partial charge in [-0.15, -0.1) is 24.0 Å². The lowest BCUT2D eigenvalue weighted by atomic mass is 10.1. The number of aliphatic imine (C=N–C) groups is 1. The van der Waals surface area contributed by atoms with E-state index in [1.807, 2.05) is 0 Å². The van der Waals surface area contributed by atoms with Crippen LogP contribution in [-0.4, -0.2) is 57.2 Å². The molecule has 0 atom stereocenters. The van der Waals surface area contributed by atoms with Crippen LogP contribution in [-0.2, 0) is 22.9 Å². The van der Waals surface area contributed by atoms with Gasteiger partial charge in [-0.05, 0) is 43.7 Å². The molecule has 1 aromatic carbocycles. The van der Waals surface area contributed by atoms with Gasteiger partial charge in [0.1, 0.15) is 0 Å². The maximum Gasteiger partial charge on any atom is 0.213 e. The van der Waals surface area contributed by atoms with Gasteiger partial charge < -0.3 is 10.6 Å². The average molecular weight is 508 g/mol. The van der Waals surface area contributed by atoms with E-state index in [1.54, 1.807) is 18.3 Å². The molecule has 1 aromatic rings. The molecule has 8 heteroatoms. The van der Waals surface area contributed by atoms with Crippen LogP contribution in [0, 0.1) is 0 Å². The first kappa shape index (κ1) is 24.2. The fourth-order valence-corrected chi connectivity index (χ4v) is 4.25. The minimum absolute atomic E-state index is 0. The zero-order chi connectivity index (χ0) is 19.0. The van der Waals surface area contributed by atoms with Crippen LogP contribution in [0.1, 0.15) is 37.8 Å². The number of benzene rings is 1. The smallest absolute Gasteiger partial charge is 0.213 e. The maximum atomic E-state index is 11.9. The van der Waals surface area contributed by atoms with E-state index < -0.39 is 10.0 Å². The number of sulfonamides is 1. The molecule has 1 heterocycles. The fraction of sp³-hybridized carbons (Fsp3) is 0.632. The van der Waals surface area contributed by atoms with Crippen molar-refractivity contribution in [3.8, 4) is 0 Å². The Morgan fingerprint density at radius 3 is 2.26 bits per heavy atom. The molecule has 0 aliphatic carbocycles. The lowest BCUT2D eigenvalue weighted by molar-refractivity contribution is 0.306. The normalized spacial score (nSPS) is 16.6. The molecule has 0 amide bonds. The summed E-state index contributed by atoms with van der Waals surface area (Å²) in [5.74, 6) is 0.958. The van der Waals surface area contributed by atoms with Gasteiger partial charge in [-0.25, -0.2) is 12.7 Å². The van der Waals surface area contributed by atoms with Gasteiger partial charge in [0.2, 0.25) is 10.0 Å². The molecule has 154 valence electrons. The van der Waals surface area contributed by atoms with Crippen molar-refractivity contribution in [3.05, 3.63) is 35.4 Å². The molecule has 1 aliphatic heterocycles. The standard InChI is InChI=1S/C19H32N4O2S.HI/c1-4-16-6-8-17(9-7-16)10-13-21-19(20-3)22-18-11-14-23(15-12-18)26(24,25)5-2;/h6-9,18H,4-5,10-15H2,1-3H3,(H2,20,21,22);1H. The second kappa shape index (κ2) is 11.9. The largest absolute Gasteiger partial charge is 0.356 e. The molecule has 0 spiro atoms. The van der Waals surface area contributed by atoms with Crippen molar-refractivity contribution in [2.45, 2.75) is 45.6 Å². The first-order chi connectivity index (χ1) is 12.5. The number of hydrogen-bond donors (Lipinski definition) is 2. The van der Waals surface area contributed by atoms with Gasteiger partial charge in [0.15, 0.2) is 5.96 Å². The lowest BCUT2D eigenvalue weighted by Gasteiger charge is -2.32. The number of rotatable bonds is 7. The molecule has 27 heavy (non-hydrogen) atoms. The van der Waals surface area contributed by atoms with Gasteiger partial charge >= 0.3 is 0 Å². The SMILES string of the molecule is CCc1ccc(CCNC(=NC)NC2CCN(S(=O)(=O)CC)CC2)cc1.I. The van der Waals surface area contributed by atoms with E-state index in [1.165, 1.54) is 11.1 Å². The van der Waals surface area contributed by atoms with Crippen LogP contribution in [0.25, 0.3) is 0 Å². The first-order valence-corrected chi connectivity index (χ1v) is 11.1. The third-order valence-electron chi connectivity index (χ3n) is 4.91.